The molecule has 0 aliphatic rings. The van der Waals surface area contributed by atoms with E-state index in [0.29, 0.717) is 30.9 Å². The molecular weight excluding hydrogens is 388 g/mol. The highest BCUT2D eigenvalue weighted by Crippen LogP contribution is 2.36. The van der Waals surface area contributed by atoms with Crippen molar-refractivity contribution in [2.45, 2.75) is 58.3 Å². The van der Waals surface area contributed by atoms with Gasteiger partial charge in [-0.25, -0.2) is 8.78 Å². The Morgan fingerprint density at radius 2 is 1.69 bits per heavy atom. The van der Waals surface area contributed by atoms with Gasteiger partial charge in [-0.3, -0.25) is 0 Å². The van der Waals surface area contributed by atoms with Gasteiger partial charge in [0.2, 0.25) is 0 Å². The van der Waals surface area contributed by atoms with Crippen LogP contribution in [0.1, 0.15) is 45.7 Å². The van der Waals surface area contributed by atoms with Crippen molar-refractivity contribution in [1.29, 1.82) is 0 Å². The molecule has 0 bridgehead atoms. The van der Waals surface area contributed by atoms with Crippen molar-refractivity contribution in [1.82, 2.24) is 5.32 Å². The maximum Gasteiger partial charge on any atom is 0.198 e. The summed E-state index contributed by atoms with van der Waals surface area (Å²) in [6.45, 7) is 14.1. The van der Waals surface area contributed by atoms with E-state index < -0.39 is 20.0 Å². The van der Waals surface area contributed by atoms with Crippen LogP contribution in [0.3, 0.4) is 0 Å². The van der Waals surface area contributed by atoms with Crippen LogP contribution in [0.15, 0.2) is 42.5 Å². The van der Waals surface area contributed by atoms with E-state index >= 15 is 4.39 Å². The highest BCUT2D eigenvalue weighted by molar-refractivity contribution is 6.74. The fourth-order valence-corrected chi connectivity index (χ4v) is 3.79. The van der Waals surface area contributed by atoms with E-state index in [-0.39, 0.29) is 16.8 Å². The molecule has 0 fully saturated rings. The first kappa shape index (κ1) is 23.5. The summed E-state index contributed by atoms with van der Waals surface area (Å²) in [7, 11) is -1.82. The minimum atomic E-state index is -1.82. The molecule has 0 aromatic heterocycles. The zero-order chi connectivity index (χ0) is 21.7. The number of nitrogens with one attached hydrogen (secondary N) is 1. The van der Waals surface area contributed by atoms with Gasteiger partial charge in [0, 0.05) is 24.8 Å². The van der Waals surface area contributed by atoms with Crippen LogP contribution < -0.4 is 10.1 Å². The van der Waals surface area contributed by atoms with Crippen molar-refractivity contribution in [2.75, 3.05) is 13.2 Å². The maximum atomic E-state index is 15.1. The highest BCUT2D eigenvalue weighted by atomic mass is 28.4. The summed E-state index contributed by atoms with van der Waals surface area (Å²) in [5, 5.41) is 3.48. The van der Waals surface area contributed by atoms with Gasteiger partial charge < -0.3 is 14.5 Å². The van der Waals surface area contributed by atoms with Crippen molar-refractivity contribution in [3.05, 3.63) is 59.7 Å². The molecule has 160 valence electrons. The summed E-state index contributed by atoms with van der Waals surface area (Å²) in [5.74, 6) is -1.36. The lowest BCUT2D eigenvalue weighted by Gasteiger charge is -2.36. The van der Waals surface area contributed by atoms with E-state index in [4.69, 9.17) is 9.16 Å². The second kappa shape index (κ2) is 9.83. The first-order valence-electron chi connectivity index (χ1n) is 10.1. The van der Waals surface area contributed by atoms with Crippen molar-refractivity contribution in [3.8, 4) is 11.5 Å². The minimum absolute atomic E-state index is 0.143. The zero-order valence-corrected chi connectivity index (χ0v) is 19.3. The predicted molar refractivity (Wildman–Crippen MR) is 117 cm³/mol. The van der Waals surface area contributed by atoms with Gasteiger partial charge in [0.1, 0.15) is 5.75 Å². The van der Waals surface area contributed by atoms with Gasteiger partial charge in [0.25, 0.3) is 0 Å². The zero-order valence-electron chi connectivity index (χ0n) is 18.3. The third kappa shape index (κ3) is 6.11. The summed E-state index contributed by atoms with van der Waals surface area (Å²) < 4.78 is 41.0. The van der Waals surface area contributed by atoms with Crippen molar-refractivity contribution in [3.63, 3.8) is 0 Å². The molecule has 0 aliphatic carbocycles. The highest BCUT2D eigenvalue weighted by Gasteiger charge is 2.36. The van der Waals surface area contributed by atoms with Gasteiger partial charge in [-0.2, -0.15) is 0 Å². The molecule has 0 saturated heterocycles. The molecule has 0 saturated carbocycles. The molecule has 2 aromatic carbocycles. The topological polar surface area (TPSA) is 30.5 Å². The van der Waals surface area contributed by atoms with Crippen molar-refractivity contribution < 1.29 is 17.9 Å². The number of hydrogen-bond acceptors (Lipinski definition) is 3. The number of para-hydroxylation sites is 1. The quantitative estimate of drug-likeness (QED) is 0.356. The first-order chi connectivity index (χ1) is 13.6. The summed E-state index contributed by atoms with van der Waals surface area (Å²) in [5.41, 5.74) is 0.396. The summed E-state index contributed by atoms with van der Waals surface area (Å²) in [4.78, 5) is 0. The number of hydrogen-bond donors (Lipinski definition) is 1. The van der Waals surface area contributed by atoms with Crippen LogP contribution in [0.5, 0.6) is 11.5 Å². The second-order valence-corrected chi connectivity index (χ2v) is 13.5. The normalized spacial score (nSPS) is 13.4. The Hall–Kier alpha value is -1.76. The number of ether oxygens (including phenoxy) is 1. The van der Waals surface area contributed by atoms with Gasteiger partial charge >= 0.3 is 0 Å². The van der Waals surface area contributed by atoms with E-state index in [9.17, 15) is 4.39 Å². The van der Waals surface area contributed by atoms with Crippen LogP contribution in [0.2, 0.25) is 18.1 Å². The Kier molecular flexibility index (Phi) is 7.97. The monoisotopic (exact) mass is 421 g/mol. The second-order valence-electron chi connectivity index (χ2n) is 8.72. The largest absolute Gasteiger partial charge is 0.451 e. The molecule has 0 aliphatic heterocycles. The lowest BCUT2D eigenvalue weighted by Crippen LogP contribution is -2.42. The fraction of sp³-hybridized carbons (Fsp3) is 0.478. The molecule has 0 heterocycles. The minimum Gasteiger partial charge on any atom is -0.451 e. The standard InChI is InChI=1S/C23H33F2NO2Si/c1-7-20(26-15-16-27-29(5,6)23(2,3)4)18-13-14-19(24)22(21(18)25)28-17-11-9-8-10-12-17/h8-14,20,26H,7,15-16H2,1-6H3/t20-/m0/s1. The SMILES string of the molecule is CC[C@H](NCCO[Si](C)(C)C(C)(C)C)c1ccc(F)c(Oc2ccccc2)c1F. The molecule has 0 unspecified atom stereocenters. The molecule has 1 N–H and O–H groups in total. The smallest absolute Gasteiger partial charge is 0.198 e. The molecule has 6 heteroatoms. The summed E-state index contributed by atoms with van der Waals surface area (Å²) in [6.07, 6.45) is 0.660. The summed E-state index contributed by atoms with van der Waals surface area (Å²) in [6, 6.07) is 11.2. The third-order valence-corrected chi connectivity index (χ3v) is 10.1. The van der Waals surface area contributed by atoms with Crippen LogP contribution in [-0.4, -0.2) is 21.5 Å². The Morgan fingerprint density at radius 3 is 2.28 bits per heavy atom. The van der Waals surface area contributed by atoms with E-state index in [1.165, 1.54) is 12.1 Å². The average Bonchev–Trinajstić information content (AvgIpc) is 2.66. The maximum absolute atomic E-state index is 15.1. The van der Waals surface area contributed by atoms with Crippen LogP contribution in [0.4, 0.5) is 8.78 Å². The molecule has 1 atom stereocenters. The van der Waals surface area contributed by atoms with Gasteiger partial charge in [-0.05, 0) is 42.8 Å². The summed E-state index contributed by atoms with van der Waals surface area (Å²) >= 11 is 0. The Bertz CT molecular complexity index is 791. The molecule has 2 aromatic rings. The van der Waals surface area contributed by atoms with Crippen LogP contribution in [0, 0.1) is 11.6 Å². The molecule has 3 nitrogen and oxygen atoms in total. The van der Waals surface area contributed by atoms with Crippen molar-refractivity contribution >= 4 is 8.32 Å². The molecule has 0 spiro atoms. The van der Waals surface area contributed by atoms with E-state index in [1.807, 2.05) is 13.0 Å². The number of halogens is 2. The van der Waals surface area contributed by atoms with Crippen LogP contribution in [0.25, 0.3) is 0 Å². The number of rotatable bonds is 9. The first-order valence-corrected chi connectivity index (χ1v) is 13.1. The van der Waals surface area contributed by atoms with Crippen molar-refractivity contribution in [2.24, 2.45) is 0 Å². The van der Waals surface area contributed by atoms with Crippen LogP contribution >= 0.6 is 0 Å². The molecule has 0 radical (unpaired) electrons. The predicted octanol–water partition coefficient (Wildman–Crippen LogP) is 6.82. The Labute approximate surface area is 174 Å². The van der Waals surface area contributed by atoms with E-state index in [0.717, 1.165) is 0 Å². The fourth-order valence-electron chi connectivity index (χ4n) is 2.75. The molecule has 0 amide bonds. The molecular formula is C23H33F2NO2Si. The van der Waals surface area contributed by atoms with Gasteiger partial charge in [0.15, 0.2) is 25.7 Å². The lowest BCUT2D eigenvalue weighted by molar-refractivity contribution is 0.277. The Balaban J connectivity index is 2.08. The van der Waals surface area contributed by atoms with Gasteiger partial charge in [-0.15, -0.1) is 0 Å². The van der Waals surface area contributed by atoms with Gasteiger partial charge in [-0.1, -0.05) is 52.0 Å². The Morgan fingerprint density at radius 1 is 1.03 bits per heavy atom. The van der Waals surface area contributed by atoms with E-state index in [2.05, 4.69) is 39.2 Å². The van der Waals surface area contributed by atoms with Gasteiger partial charge in [0.05, 0.1) is 0 Å². The molecule has 29 heavy (non-hydrogen) atoms. The number of benzene rings is 2. The van der Waals surface area contributed by atoms with Crippen LogP contribution in [-0.2, 0) is 4.43 Å². The average molecular weight is 422 g/mol. The van der Waals surface area contributed by atoms with E-state index in [1.54, 1.807) is 24.3 Å². The lowest BCUT2D eigenvalue weighted by atomic mass is 10.0. The molecule has 2 rings (SSSR count). The third-order valence-electron chi connectivity index (χ3n) is 5.59.